The maximum absolute atomic E-state index is 6.52. The number of fused-ring (bicyclic) bond motifs is 8. The van der Waals surface area contributed by atoms with E-state index in [1.807, 2.05) is 0 Å². The number of hydrogen-bond acceptors (Lipinski definition) is 2. The number of hydrogen-bond donors (Lipinski definition) is 0. The molecule has 0 radical (unpaired) electrons. The summed E-state index contributed by atoms with van der Waals surface area (Å²) in [5.74, 6) is 0. The van der Waals surface area contributed by atoms with Gasteiger partial charge in [-0.1, -0.05) is 127 Å². The van der Waals surface area contributed by atoms with E-state index in [0.29, 0.717) is 0 Å². The monoisotopic (exact) mass is 702 g/mol. The number of nitrogens with zero attached hydrogens (tertiary/aromatic N) is 2. The molecule has 3 nitrogen and oxygen atoms in total. The number of para-hydroxylation sites is 2. The molecule has 0 aliphatic rings. The molecule has 11 aromatic rings. The third-order valence-corrected chi connectivity index (χ3v) is 11.0. The van der Waals surface area contributed by atoms with Gasteiger partial charge in [-0.2, -0.15) is 0 Å². The van der Waals surface area contributed by atoms with Crippen molar-refractivity contribution in [1.29, 1.82) is 0 Å². The first-order chi connectivity index (χ1) is 27.3. The fourth-order valence-corrected chi connectivity index (χ4v) is 8.34. The predicted octanol–water partition coefficient (Wildman–Crippen LogP) is 14.6. The first kappa shape index (κ1) is 31.2. The van der Waals surface area contributed by atoms with Gasteiger partial charge in [-0.3, -0.25) is 0 Å². The molecule has 55 heavy (non-hydrogen) atoms. The van der Waals surface area contributed by atoms with Crippen LogP contribution in [0.4, 0.5) is 17.1 Å². The second-order valence-corrected chi connectivity index (χ2v) is 14.2. The standard InChI is InChI=1S/C52H34N2O/c1-3-12-35(13-4-1)38-15-11-18-42(32-38)53(43-28-31-51-48(34-43)46-29-24-37-14-7-8-19-44(37)52(46)55-51)41-26-22-36(23-27-41)39-25-30-50-47(33-39)45-20-9-10-21-49(45)54(50)40-16-5-2-6-17-40/h1-34H. The highest BCUT2D eigenvalue weighted by Crippen LogP contribution is 2.42. The second kappa shape index (κ2) is 12.6. The van der Waals surface area contributed by atoms with Crippen molar-refractivity contribution in [2.24, 2.45) is 0 Å². The van der Waals surface area contributed by atoms with Crippen molar-refractivity contribution in [2.75, 3.05) is 4.90 Å². The van der Waals surface area contributed by atoms with Gasteiger partial charge < -0.3 is 13.9 Å². The quantitative estimate of drug-likeness (QED) is 0.172. The van der Waals surface area contributed by atoms with E-state index in [-0.39, 0.29) is 0 Å². The Morgan fingerprint density at radius 3 is 1.84 bits per heavy atom. The zero-order valence-corrected chi connectivity index (χ0v) is 29.9. The van der Waals surface area contributed by atoms with E-state index in [1.54, 1.807) is 0 Å². The highest BCUT2D eigenvalue weighted by atomic mass is 16.3. The summed E-state index contributed by atoms with van der Waals surface area (Å²) in [7, 11) is 0. The molecule has 0 spiro atoms. The number of furan rings is 1. The highest BCUT2D eigenvalue weighted by molar-refractivity contribution is 6.16. The van der Waals surface area contributed by atoms with Crippen molar-refractivity contribution in [2.45, 2.75) is 0 Å². The highest BCUT2D eigenvalue weighted by Gasteiger charge is 2.18. The van der Waals surface area contributed by atoms with Crippen molar-refractivity contribution >= 4 is 71.6 Å². The lowest BCUT2D eigenvalue weighted by Crippen LogP contribution is -2.10. The van der Waals surface area contributed by atoms with E-state index in [0.717, 1.165) is 50.1 Å². The summed E-state index contributed by atoms with van der Waals surface area (Å²) in [5, 5.41) is 7.02. The SMILES string of the molecule is c1ccc(-c2cccc(N(c3ccc(-c4ccc5c(c4)c4ccccc4n5-c4ccccc4)cc3)c3ccc4oc5c6ccccc6ccc5c4c3)c2)cc1. The Labute approximate surface area is 318 Å². The van der Waals surface area contributed by atoms with Crippen molar-refractivity contribution in [3.63, 3.8) is 0 Å². The van der Waals surface area contributed by atoms with Crippen LogP contribution in [0.3, 0.4) is 0 Å². The van der Waals surface area contributed by atoms with Crippen LogP contribution in [0, 0.1) is 0 Å². The van der Waals surface area contributed by atoms with E-state index >= 15 is 0 Å². The summed E-state index contributed by atoms with van der Waals surface area (Å²) in [6.45, 7) is 0. The average Bonchev–Trinajstić information content (AvgIpc) is 3.80. The molecule has 11 rings (SSSR count). The van der Waals surface area contributed by atoms with Gasteiger partial charge in [0, 0.05) is 49.7 Å². The Balaban J connectivity index is 1.04. The lowest BCUT2D eigenvalue weighted by Gasteiger charge is -2.26. The van der Waals surface area contributed by atoms with E-state index < -0.39 is 0 Å². The van der Waals surface area contributed by atoms with Crippen LogP contribution < -0.4 is 4.90 Å². The third-order valence-electron chi connectivity index (χ3n) is 11.0. The molecule has 0 aliphatic heterocycles. The zero-order valence-electron chi connectivity index (χ0n) is 29.9. The average molecular weight is 703 g/mol. The van der Waals surface area contributed by atoms with Crippen molar-refractivity contribution in [3.05, 3.63) is 206 Å². The van der Waals surface area contributed by atoms with Crippen molar-refractivity contribution in [3.8, 4) is 27.9 Å². The number of rotatable bonds is 6. The molecule has 0 N–H and O–H groups in total. The van der Waals surface area contributed by atoms with Gasteiger partial charge in [0.05, 0.1) is 11.0 Å². The summed E-state index contributed by atoms with van der Waals surface area (Å²) in [6, 6.07) is 73.9. The minimum absolute atomic E-state index is 0.882. The molecule has 0 bridgehead atoms. The molecular weight excluding hydrogens is 669 g/mol. The minimum atomic E-state index is 0.882. The van der Waals surface area contributed by atoms with Crippen LogP contribution in [0.2, 0.25) is 0 Å². The maximum Gasteiger partial charge on any atom is 0.143 e. The maximum atomic E-state index is 6.52. The molecule has 9 aromatic carbocycles. The molecule has 0 fully saturated rings. The van der Waals surface area contributed by atoms with E-state index in [1.165, 1.54) is 49.4 Å². The second-order valence-electron chi connectivity index (χ2n) is 14.2. The van der Waals surface area contributed by atoms with Gasteiger partial charge in [0.15, 0.2) is 0 Å². The molecule has 258 valence electrons. The molecule has 0 saturated carbocycles. The van der Waals surface area contributed by atoms with Gasteiger partial charge in [-0.25, -0.2) is 0 Å². The first-order valence-electron chi connectivity index (χ1n) is 18.8. The van der Waals surface area contributed by atoms with Gasteiger partial charge in [0.25, 0.3) is 0 Å². The van der Waals surface area contributed by atoms with Crippen LogP contribution in [0.1, 0.15) is 0 Å². The van der Waals surface area contributed by atoms with Crippen LogP contribution >= 0.6 is 0 Å². The van der Waals surface area contributed by atoms with Gasteiger partial charge >= 0.3 is 0 Å². The molecule has 3 heteroatoms. The van der Waals surface area contributed by atoms with Crippen molar-refractivity contribution in [1.82, 2.24) is 4.57 Å². The van der Waals surface area contributed by atoms with Crippen LogP contribution in [0.25, 0.3) is 82.5 Å². The largest absolute Gasteiger partial charge is 0.455 e. The van der Waals surface area contributed by atoms with Crippen LogP contribution in [-0.2, 0) is 0 Å². The zero-order chi connectivity index (χ0) is 36.3. The fraction of sp³-hybridized carbons (Fsp3) is 0. The van der Waals surface area contributed by atoms with E-state index in [4.69, 9.17) is 4.42 Å². The molecule has 0 unspecified atom stereocenters. The third kappa shape index (κ3) is 5.20. The van der Waals surface area contributed by atoms with E-state index in [2.05, 4.69) is 216 Å². The van der Waals surface area contributed by atoms with Gasteiger partial charge in [-0.05, 0) is 107 Å². The number of aromatic nitrogens is 1. The summed E-state index contributed by atoms with van der Waals surface area (Å²) in [6.07, 6.45) is 0. The Morgan fingerprint density at radius 2 is 0.982 bits per heavy atom. The molecule has 0 saturated heterocycles. The Bertz CT molecular complexity index is 3190. The van der Waals surface area contributed by atoms with E-state index in [9.17, 15) is 0 Å². The summed E-state index contributed by atoms with van der Waals surface area (Å²) >= 11 is 0. The molecule has 0 amide bonds. The normalized spacial score (nSPS) is 11.6. The van der Waals surface area contributed by atoms with Gasteiger partial charge in [0.1, 0.15) is 11.2 Å². The molecule has 0 atom stereocenters. The smallest absolute Gasteiger partial charge is 0.143 e. The number of anilines is 3. The van der Waals surface area contributed by atoms with Crippen LogP contribution in [0.5, 0.6) is 0 Å². The number of benzene rings is 9. The fourth-order valence-electron chi connectivity index (χ4n) is 8.34. The Morgan fingerprint density at radius 1 is 0.345 bits per heavy atom. The topological polar surface area (TPSA) is 21.3 Å². The summed E-state index contributed by atoms with van der Waals surface area (Å²) < 4.78 is 8.88. The lowest BCUT2D eigenvalue weighted by atomic mass is 10.0. The Hall–Kier alpha value is -7.36. The first-order valence-corrected chi connectivity index (χ1v) is 18.8. The molecular formula is C52H34N2O. The summed E-state index contributed by atoms with van der Waals surface area (Å²) in [4.78, 5) is 2.35. The van der Waals surface area contributed by atoms with Crippen LogP contribution in [-0.4, -0.2) is 4.57 Å². The molecule has 0 aliphatic carbocycles. The van der Waals surface area contributed by atoms with Crippen LogP contribution in [0.15, 0.2) is 211 Å². The molecule has 2 heterocycles. The van der Waals surface area contributed by atoms with Gasteiger partial charge in [0.2, 0.25) is 0 Å². The predicted molar refractivity (Wildman–Crippen MR) is 231 cm³/mol. The lowest BCUT2D eigenvalue weighted by molar-refractivity contribution is 0.672. The Kier molecular flexibility index (Phi) is 7.17. The summed E-state index contributed by atoms with van der Waals surface area (Å²) in [5.41, 5.74) is 13.3. The minimum Gasteiger partial charge on any atom is -0.455 e. The van der Waals surface area contributed by atoms with Crippen molar-refractivity contribution < 1.29 is 4.42 Å². The molecule has 2 aromatic heterocycles. The van der Waals surface area contributed by atoms with Gasteiger partial charge in [-0.15, -0.1) is 0 Å².